The van der Waals surface area contributed by atoms with Crippen molar-refractivity contribution in [3.63, 3.8) is 0 Å². The molecule has 0 aromatic carbocycles. The van der Waals surface area contributed by atoms with Crippen LogP contribution in [0.5, 0.6) is 0 Å². The molecule has 0 N–H and O–H groups in total. The Labute approximate surface area is 85.2 Å². The summed E-state index contributed by atoms with van der Waals surface area (Å²) < 4.78 is 76.3. The first-order valence-corrected chi connectivity index (χ1v) is 4.91. The van der Waals surface area contributed by atoms with Gasteiger partial charge < -0.3 is 0 Å². The Kier molecular flexibility index (Phi) is 13.3. The Balaban J connectivity index is -0.000000112. The summed E-state index contributed by atoms with van der Waals surface area (Å²) in [5.41, 5.74) is 0. The van der Waals surface area contributed by atoms with Crippen LogP contribution in [0.15, 0.2) is 0 Å². The standard InChI is InChI=1S/2ClHO4.O.Zr/c2*2-1(3,4)5;;/h2*(H,2,3,4,5);;/q;;;+2/p-2. The first kappa shape index (κ1) is 18.7. The molecule has 0 aromatic heterocycles. The average Bonchev–Trinajstić information content (AvgIpc) is 1.59. The SMILES string of the molecule is [O-][Cl+3]([O-])([O-])[O-].[O-][Cl+3]([O-])([O-])[O-].[O]=[Zr+2]. The summed E-state index contributed by atoms with van der Waals surface area (Å²) in [7, 11) is -9.89. The molecule has 0 atom stereocenters. The van der Waals surface area contributed by atoms with E-state index in [9.17, 15) is 0 Å². The van der Waals surface area contributed by atoms with E-state index in [-0.39, 0.29) is 0 Å². The molecule has 0 radical (unpaired) electrons. The molecule has 72 valence electrons. The fourth-order valence-corrected chi connectivity index (χ4v) is 0. The van der Waals surface area contributed by atoms with Crippen LogP contribution in [0, 0.1) is 20.5 Å². The molecule has 0 spiro atoms. The van der Waals surface area contributed by atoms with Crippen LogP contribution in [0.2, 0.25) is 0 Å². The Morgan fingerprint density at radius 3 is 0.583 bits per heavy atom. The number of hydrogen-bond acceptors (Lipinski definition) is 9. The van der Waals surface area contributed by atoms with E-state index in [1.165, 1.54) is 0 Å². The summed E-state index contributed by atoms with van der Waals surface area (Å²) >= 11 is 0.300. The zero-order chi connectivity index (χ0) is 11.0. The van der Waals surface area contributed by atoms with E-state index >= 15 is 0 Å². The Hall–Kier alpha value is 0.943. The van der Waals surface area contributed by atoms with Gasteiger partial charge in [0.05, 0.1) is 0 Å². The van der Waals surface area contributed by atoms with Gasteiger partial charge in [-0.15, -0.1) is 20.5 Å². The summed E-state index contributed by atoms with van der Waals surface area (Å²) in [5, 5.41) is 0. The first-order valence-electron chi connectivity index (χ1n) is 1.44. The molecular formula is Cl2O9Zr. The van der Waals surface area contributed by atoms with E-state index in [4.69, 9.17) is 40.1 Å². The molecule has 0 aromatic rings. The molecule has 0 saturated heterocycles. The Morgan fingerprint density at radius 2 is 0.583 bits per heavy atom. The van der Waals surface area contributed by atoms with Crippen LogP contribution >= 0.6 is 0 Å². The maximum absolute atomic E-state index is 8.49. The van der Waals surface area contributed by atoms with E-state index < -0.39 is 20.5 Å². The molecule has 0 heterocycles. The van der Waals surface area contributed by atoms with Crippen LogP contribution in [0.4, 0.5) is 0 Å². The molecule has 0 unspecified atom stereocenters. The van der Waals surface area contributed by atoms with Gasteiger partial charge in [0.25, 0.3) is 0 Å². The normalized spacial score (nSPS) is 10.5. The van der Waals surface area contributed by atoms with Gasteiger partial charge in [0, 0.05) is 0 Å². The van der Waals surface area contributed by atoms with Crippen molar-refractivity contribution < 1.29 is 85.3 Å². The van der Waals surface area contributed by atoms with Crippen LogP contribution < -0.4 is 37.3 Å². The monoisotopic (exact) mass is 304 g/mol. The van der Waals surface area contributed by atoms with Crippen LogP contribution in [0.3, 0.4) is 0 Å². The zero-order valence-corrected chi connectivity index (χ0v) is 8.90. The van der Waals surface area contributed by atoms with Crippen molar-refractivity contribution in [2.45, 2.75) is 0 Å². The second-order valence-corrected chi connectivity index (χ2v) is 2.27. The predicted octanol–water partition coefficient (Wildman–Crippen LogP) is -9.63. The number of hydrogen-bond donors (Lipinski definition) is 0. The van der Waals surface area contributed by atoms with Gasteiger partial charge in [-0.1, -0.05) is 0 Å². The van der Waals surface area contributed by atoms with Crippen molar-refractivity contribution >= 4 is 0 Å². The van der Waals surface area contributed by atoms with E-state index in [1.54, 1.807) is 0 Å². The molecule has 0 aliphatic rings. The van der Waals surface area contributed by atoms with E-state index in [0.29, 0.717) is 24.7 Å². The summed E-state index contributed by atoms with van der Waals surface area (Å²) in [5.74, 6) is 0. The van der Waals surface area contributed by atoms with Gasteiger partial charge in [-0.05, 0) is 0 Å². The topological polar surface area (TPSA) is 202 Å². The van der Waals surface area contributed by atoms with Gasteiger partial charge >= 0.3 is 27.5 Å². The van der Waals surface area contributed by atoms with Gasteiger partial charge in [-0.3, -0.25) is 0 Å². The van der Waals surface area contributed by atoms with Crippen molar-refractivity contribution in [2.24, 2.45) is 0 Å². The molecule has 9 nitrogen and oxygen atoms in total. The minimum atomic E-state index is -4.94. The van der Waals surface area contributed by atoms with Crippen molar-refractivity contribution in [1.82, 2.24) is 0 Å². The molecule has 0 fully saturated rings. The van der Waals surface area contributed by atoms with Crippen LogP contribution in [-0.4, -0.2) is 0 Å². The second kappa shape index (κ2) is 8.54. The number of halogens is 2. The summed E-state index contributed by atoms with van der Waals surface area (Å²) in [6.07, 6.45) is 0. The van der Waals surface area contributed by atoms with Crippen LogP contribution in [0.25, 0.3) is 0 Å². The van der Waals surface area contributed by atoms with Gasteiger partial charge in [0.1, 0.15) is 0 Å². The first-order chi connectivity index (χ1) is 5.00. The average molecular weight is 306 g/mol. The second-order valence-electron chi connectivity index (χ2n) is 0.756. The fourth-order valence-electron chi connectivity index (χ4n) is 0. The minimum absolute atomic E-state index is 0.300. The molecule has 0 amide bonds. The fraction of sp³-hybridized carbons (Fsp3) is 0. The van der Waals surface area contributed by atoms with Crippen molar-refractivity contribution in [3.05, 3.63) is 0 Å². The molecule has 0 bridgehead atoms. The molecule has 12 heteroatoms. The van der Waals surface area contributed by atoms with Crippen molar-refractivity contribution in [2.75, 3.05) is 0 Å². The van der Waals surface area contributed by atoms with E-state index in [1.807, 2.05) is 0 Å². The summed E-state index contributed by atoms with van der Waals surface area (Å²) in [4.78, 5) is 0. The van der Waals surface area contributed by atoms with Gasteiger partial charge in [0.2, 0.25) is 0 Å². The molecule has 0 aliphatic carbocycles. The maximum atomic E-state index is 8.49. The molecular weight excluding hydrogens is 306 g/mol. The molecule has 0 aliphatic heterocycles. The zero-order valence-electron chi connectivity index (χ0n) is 4.93. The van der Waals surface area contributed by atoms with Gasteiger partial charge in [-0.2, -0.15) is 0 Å². The Morgan fingerprint density at radius 1 is 0.583 bits per heavy atom. The third kappa shape index (κ3) is 1220. The summed E-state index contributed by atoms with van der Waals surface area (Å²) in [6, 6.07) is 0. The Bertz CT molecular complexity index is 65.7. The van der Waals surface area contributed by atoms with Gasteiger partial charge in [-0.25, -0.2) is 37.3 Å². The van der Waals surface area contributed by atoms with Crippen LogP contribution in [-0.2, 0) is 27.5 Å². The van der Waals surface area contributed by atoms with Gasteiger partial charge in [0.15, 0.2) is 0 Å². The van der Waals surface area contributed by atoms with Crippen molar-refractivity contribution in [3.8, 4) is 0 Å². The quantitative estimate of drug-likeness (QED) is 0.416. The molecule has 0 saturated carbocycles. The molecule has 0 rings (SSSR count). The molecule has 12 heavy (non-hydrogen) atoms. The third-order valence-electron chi connectivity index (χ3n) is 0. The van der Waals surface area contributed by atoms with Crippen LogP contribution in [0.1, 0.15) is 0 Å². The predicted molar refractivity (Wildman–Crippen MR) is 0.686 cm³/mol. The number of rotatable bonds is 0. The van der Waals surface area contributed by atoms with Crippen molar-refractivity contribution in [1.29, 1.82) is 0 Å². The van der Waals surface area contributed by atoms with E-state index in [0.717, 1.165) is 0 Å². The third-order valence-corrected chi connectivity index (χ3v) is 0. The van der Waals surface area contributed by atoms with E-state index in [2.05, 4.69) is 0 Å². The summed E-state index contributed by atoms with van der Waals surface area (Å²) in [6.45, 7) is 0.